The van der Waals surface area contributed by atoms with E-state index in [2.05, 4.69) is 15.0 Å². The topological polar surface area (TPSA) is 80.3 Å². The quantitative estimate of drug-likeness (QED) is 0.768. The fraction of sp³-hybridized carbons (Fsp3) is 0.214. The zero-order valence-electron chi connectivity index (χ0n) is 11.2. The Morgan fingerprint density at radius 1 is 1.14 bits per heavy atom. The van der Waals surface area contributed by atoms with Crippen molar-refractivity contribution >= 4 is 15.8 Å². The fourth-order valence-corrected chi connectivity index (χ4v) is 3.38. The second kappa shape index (κ2) is 5.71. The Balaban J connectivity index is 0.000000126. The SMILES string of the molecule is O=S1(=O)NCc2ccccc21.c1cnc2c(c1)OCCN2. The van der Waals surface area contributed by atoms with Crippen LogP contribution < -0.4 is 14.8 Å². The smallest absolute Gasteiger partial charge is 0.241 e. The first-order valence-corrected chi connectivity index (χ1v) is 8.04. The molecule has 6 nitrogen and oxygen atoms in total. The Hall–Kier alpha value is -2.12. The number of sulfonamides is 1. The lowest BCUT2D eigenvalue weighted by Crippen LogP contribution is -2.18. The molecule has 1 aromatic heterocycles. The molecule has 2 N–H and O–H groups in total. The highest BCUT2D eigenvalue weighted by Gasteiger charge is 2.23. The number of hydrogen-bond acceptors (Lipinski definition) is 5. The molecule has 2 aromatic rings. The van der Waals surface area contributed by atoms with E-state index in [1.165, 1.54) is 0 Å². The number of nitrogens with one attached hydrogen (secondary N) is 2. The van der Waals surface area contributed by atoms with Gasteiger partial charge in [0.1, 0.15) is 6.61 Å². The summed E-state index contributed by atoms with van der Waals surface area (Å²) in [7, 11) is -3.16. The lowest BCUT2D eigenvalue weighted by molar-refractivity contribution is 0.321. The molecule has 0 saturated carbocycles. The van der Waals surface area contributed by atoms with Crippen molar-refractivity contribution in [2.24, 2.45) is 0 Å². The molecule has 4 rings (SSSR count). The molecular weight excluding hydrogens is 290 g/mol. The van der Waals surface area contributed by atoms with Crippen LogP contribution in [0.2, 0.25) is 0 Å². The molecule has 7 heteroatoms. The van der Waals surface area contributed by atoms with E-state index >= 15 is 0 Å². The largest absolute Gasteiger partial charge is 0.488 e. The van der Waals surface area contributed by atoms with E-state index < -0.39 is 10.0 Å². The van der Waals surface area contributed by atoms with Crippen LogP contribution >= 0.6 is 0 Å². The number of pyridine rings is 1. The maximum Gasteiger partial charge on any atom is 0.241 e. The normalized spacial score (nSPS) is 17.3. The van der Waals surface area contributed by atoms with Crippen molar-refractivity contribution in [3.63, 3.8) is 0 Å². The third kappa shape index (κ3) is 2.98. The number of ether oxygens (including phenoxy) is 1. The van der Waals surface area contributed by atoms with Crippen LogP contribution in [-0.2, 0) is 16.6 Å². The van der Waals surface area contributed by atoms with Gasteiger partial charge in [0, 0.05) is 12.7 Å². The van der Waals surface area contributed by atoms with Crippen molar-refractivity contribution in [3.8, 4) is 5.75 Å². The maximum atomic E-state index is 11.1. The average molecular weight is 305 g/mol. The summed E-state index contributed by atoms with van der Waals surface area (Å²) in [5.74, 6) is 1.71. The third-order valence-electron chi connectivity index (χ3n) is 3.14. The van der Waals surface area contributed by atoms with Gasteiger partial charge in [-0.15, -0.1) is 0 Å². The van der Waals surface area contributed by atoms with Crippen LogP contribution in [0.1, 0.15) is 5.56 Å². The van der Waals surface area contributed by atoms with Crippen molar-refractivity contribution in [3.05, 3.63) is 48.2 Å². The lowest BCUT2D eigenvalue weighted by Gasteiger charge is -2.16. The third-order valence-corrected chi connectivity index (χ3v) is 4.64. The molecular formula is C14H15N3O3S. The summed E-state index contributed by atoms with van der Waals surface area (Å²) in [6.45, 7) is 2.02. The molecule has 21 heavy (non-hydrogen) atoms. The van der Waals surface area contributed by atoms with Gasteiger partial charge in [0.2, 0.25) is 10.0 Å². The van der Waals surface area contributed by atoms with Gasteiger partial charge < -0.3 is 10.1 Å². The van der Waals surface area contributed by atoms with E-state index in [1.54, 1.807) is 18.3 Å². The minimum absolute atomic E-state index is 0.417. The molecule has 110 valence electrons. The highest BCUT2D eigenvalue weighted by atomic mass is 32.2. The number of rotatable bonds is 0. The van der Waals surface area contributed by atoms with E-state index in [1.807, 2.05) is 24.3 Å². The van der Waals surface area contributed by atoms with E-state index in [4.69, 9.17) is 4.74 Å². The van der Waals surface area contributed by atoms with Crippen LogP contribution in [0.3, 0.4) is 0 Å². The van der Waals surface area contributed by atoms with Crippen molar-refractivity contribution in [2.45, 2.75) is 11.4 Å². The second-order valence-corrected chi connectivity index (χ2v) is 6.29. The van der Waals surface area contributed by atoms with E-state index in [0.29, 0.717) is 11.4 Å². The molecule has 0 bridgehead atoms. The Bertz CT molecular complexity index is 722. The number of aromatic nitrogens is 1. The minimum Gasteiger partial charge on any atom is -0.488 e. The van der Waals surface area contributed by atoms with Crippen molar-refractivity contribution in [1.82, 2.24) is 9.71 Å². The molecule has 0 saturated heterocycles. The number of hydrogen-bond donors (Lipinski definition) is 2. The first-order valence-electron chi connectivity index (χ1n) is 6.56. The number of anilines is 1. The summed E-state index contributed by atoms with van der Waals surface area (Å²) in [6.07, 6.45) is 1.75. The first kappa shape index (κ1) is 13.8. The van der Waals surface area contributed by atoms with Crippen LogP contribution in [0.15, 0.2) is 47.5 Å². The van der Waals surface area contributed by atoms with Gasteiger partial charge in [0.25, 0.3) is 0 Å². The van der Waals surface area contributed by atoms with Gasteiger partial charge in [-0.2, -0.15) is 0 Å². The molecule has 0 aliphatic carbocycles. The van der Waals surface area contributed by atoms with Crippen LogP contribution in [-0.4, -0.2) is 26.6 Å². The molecule has 2 aliphatic rings. The summed E-state index contributed by atoms with van der Waals surface area (Å²) in [5.41, 5.74) is 0.854. The predicted molar refractivity (Wildman–Crippen MR) is 78.7 cm³/mol. The molecule has 0 unspecified atom stereocenters. The summed E-state index contributed by atoms with van der Waals surface area (Å²) >= 11 is 0. The van der Waals surface area contributed by atoms with Gasteiger partial charge in [0.15, 0.2) is 11.6 Å². The lowest BCUT2D eigenvalue weighted by atomic mass is 10.2. The zero-order valence-corrected chi connectivity index (χ0v) is 12.1. The van der Waals surface area contributed by atoms with Crippen molar-refractivity contribution < 1.29 is 13.2 Å². The van der Waals surface area contributed by atoms with Crippen molar-refractivity contribution in [2.75, 3.05) is 18.5 Å². The van der Waals surface area contributed by atoms with Crippen LogP contribution in [0.4, 0.5) is 5.82 Å². The van der Waals surface area contributed by atoms with E-state index in [9.17, 15) is 8.42 Å². The Morgan fingerprint density at radius 2 is 2.00 bits per heavy atom. The van der Waals surface area contributed by atoms with Crippen LogP contribution in [0, 0.1) is 0 Å². The highest BCUT2D eigenvalue weighted by molar-refractivity contribution is 7.89. The Labute approximate surface area is 123 Å². The van der Waals surface area contributed by atoms with Crippen LogP contribution in [0.25, 0.3) is 0 Å². The minimum atomic E-state index is -3.16. The van der Waals surface area contributed by atoms with Gasteiger partial charge in [-0.1, -0.05) is 18.2 Å². The Kier molecular flexibility index (Phi) is 3.76. The fourth-order valence-electron chi connectivity index (χ4n) is 2.13. The predicted octanol–water partition coefficient (Wildman–Crippen LogP) is 1.36. The summed E-state index contributed by atoms with van der Waals surface area (Å²) in [6, 6.07) is 10.8. The molecule has 0 amide bonds. The van der Waals surface area contributed by atoms with Gasteiger partial charge in [-0.05, 0) is 23.8 Å². The first-order chi connectivity index (χ1) is 10.2. The van der Waals surface area contributed by atoms with E-state index in [-0.39, 0.29) is 0 Å². The zero-order chi connectivity index (χ0) is 14.7. The molecule has 0 spiro atoms. The van der Waals surface area contributed by atoms with Crippen molar-refractivity contribution in [1.29, 1.82) is 0 Å². The average Bonchev–Trinajstić information content (AvgIpc) is 2.84. The molecule has 3 heterocycles. The van der Waals surface area contributed by atoms with Gasteiger partial charge in [-0.25, -0.2) is 18.1 Å². The van der Waals surface area contributed by atoms with Gasteiger partial charge >= 0.3 is 0 Å². The molecule has 0 atom stereocenters. The summed E-state index contributed by atoms with van der Waals surface area (Å²) in [4.78, 5) is 4.50. The standard InChI is InChI=1S/C7H8N2O.C7H7NO2S/c1-2-6-7(8-3-1)9-4-5-10-6;9-11(10)7-4-2-1-3-6(7)5-8-11/h1-3H,4-5H2,(H,8,9);1-4,8H,5H2. The Morgan fingerprint density at radius 3 is 2.81 bits per heavy atom. The number of benzene rings is 1. The summed E-state index contributed by atoms with van der Waals surface area (Å²) in [5, 5.41) is 3.13. The van der Waals surface area contributed by atoms with E-state index in [0.717, 1.165) is 30.3 Å². The van der Waals surface area contributed by atoms with Crippen LogP contribution in [0.5, 0.6) is 5.75 Å². The van der Waals surface area contributed by atoms with Gasteiger partial charge in [-0.3, -0.25) is 0 Å². The maximum absolute atomic E-state index is 11.1. The van der Waals surface area contributed by atoms with Gasteiger partial charge in [0.05, 0.1) is 11.4 Å². The molecule has 0 fully saturated rings. The molecule has 0 radical (unpaired) electrons. The number of nitrogens with zero attached hydrogens (tertiary/aromatic N) is 1. The second-order valence-electron chi connectivity index (χ2n) is 4.56. The highest BCUT2D eigenvalue weighted by Crippen LogP contribution is 2.22. The molecule has 2 aliphatic heterocycles. The summed E-state index contributed by atoms with van der Waals surface area (Å²) < 4.78 is 30.0. The molecule has 1 aromatic carbocycles. The monoisotopic (exact) mass is 305 g/mol. The number of fused-ring (bicyclic) bond motifs is 2.